The summed E-state index contributed by atoms with van der Waals surface area (Å²) in [6, 6.07) is -0.187. The van der Waals surface area contributed by atoms with Crippen molar-refractivity contribution in [3.63, 3.8) is 0 Å². The first-order valence-electron chi connectivity index (χ1n) is 10.9. The van der Waals surface area contributed by atoms with Crippen LogP contribution in [0, 0.1) is 0 Å². The van der Waals surface area contributed by atoms with Crippen molar-refractivity contribution >= 4 is 37.2 Å². The Hall–Kier alpha value is 0.350. The summed E-state index contributed by atoms with van der Waals surface area (Å²) in [5, 5.41) is 97.8. The fourth-order valence-corrected chi connectivity index (χ4v) is 3.89. The Morgan fingerprint density at radius 2 is 1.00 bits per heavy atom. The second-order valence-corrected chi connectivity index (χ2v) is 8.41. The highest BCUT2D eigenvalue weighted by Crippen LogP contribution is 2.20. The molecule has 1 fully saturated rings. The molecule has 216 valence electrons. The number of hydrogen-bond acceptors (Lipinski definition) is 13. The fourth-order valence-electron chi connectivity index (χ4n) is 3.89. The van der Waals surface area contributed by atoms with Crippen molar-refractivity contribution in [3.8, 4) is 0 Å². The lowest BCUT2D eigenvalue weighted by molar-refractivity contribution is -0.134. The standard InChI is InChI=1S/C19H41N3O10.3ClH/c20-3-6-21-4-1-11(2-5-21)22(7-12(25)16(29)18(31)14(27)9-23)8-13(26)17(30)19(32)15(28)10-24;;;/h11-19,23-32H,1-10,20H2;3*1H. The minimum absolute atomic E-state index is 0. The molecule has 8 unspecified atom stereocenters. The number of nitrogens with two attached hydrogens (primary N) is 1. The number of aliphatic hydroxyl groups excluding tert-OH is 10. The molecule has 35 heavy (non-hydrogen) atoms. The summed E-state index contributed by atoms with van der Waals surface area (Å²) < 4.78 is 0. The average molecular weight is 581 g/mol. The molecule has 0 spiro atoms. The van der Waals surface area contributed by atoms with Gasteiger partial charge in [-0.1, -0.05) is 0 Å². The second-order valence-electron chi connectivity index (χ2n) is 8.41. The molecular weight excluding hydrogens is 537 g/mol. The summed E-state index contributed by atoms with van der Waals surface area (Å²) in [5.74, 6) is 0. The van der Waals surface area contributed by atoms with Crippen molar-refractivity contribution in [2.45, 2.75) is 67.7 Å². The van der Waals surface area contributed by atoms with Gasteiger partial charge in [-0.2, -0.15) is 0 Å². The minimum atomic E-state index is -1.81. The maximum absolute atomic E-state index is 10.4. The van der Waals surface area contributed by atoms with Crippen molar-refractivity contribution in [1.29, 1.82) is 0 Å². The van der Waals surface area contributed by atoms with Crippen LogP contribution in [0.15, 0.2) is 0 Å². The molecule has 0 aromatic carbocycles. The van der Waals surface area contributed by atoms with Gasteiger partial charge in [-0.05, 0) is 25.9 Å². The molecule has 0 bridgehead atoms. The minimum Gasteiger partial charge on any atom is -0.394 e. The van der Waals surface area contributed by atoms with E-state index < -0.39 is 62.0 Å². The van der Waals surface area contributed by atoms with E-state index >= 15 is 0 Å². The molecule has 1 heterocycles. The first-order valence-corrected chi connectivity index (χ1v) is 10.9. The second kappa shape index (κ2) is 20.3. The number of hydrogen-bond donors (Lipinski definition) is 11. The van der Waals surface area contributed by atoms with Crippen LogP contribution in [0.5, 0.6) is 0 Å². The third-order valence-electron chi connectivity index (χ3n) is 6.01. The molecule has 0 aromatic rings. The molecule has 0 amide bonds. The number of nitrogens with zero attached hydrogens (tertiary/aromatic N) is 2. The smallest absolute Gasteiger partial charge is 0.111 e. The predicted molar refractivity (Wildman–Crippen MR) is 134 cm³/mol. The largest absolute Gasteiger partial charge is 0.394 e. The summed E-state index contributed by atoms with van der Waals surface area (Å²) in [5.41, 5.74) is 5.58. The van der Waals surface area contributed by atoms with Crippen molar-refractivity contribution in [1.82, 2.24) is 9.80 Å². The molecule has 16 heteroatoms. The molecule has 12 N–H and O–H groups in total. The lowest BCUT2D eigenvalue weighted by Gasteiger charge is -2.41. The SMILES string of the molecule is Cl.Cl.Cl.NCCN1CCC(N(CC(O)C(O)C(O)C(O)CO)CC(O)C(O)C(O)C(O)CO)CC1. The Kier molecular flexibility index (Phi) is 23.2. The third kappa shape index (κ3) is 12.6. The third-order valence-corrected chi connectivity index (χ3v) is 6.01. The first-order chi connectivity index (χ1) is 15.1. The van der Waals surface area contributed by atoms with Crippen LogP contribution in [0.2, 0.25) is 0 Å². The summed E-state index contributed by atoms with van der Waals surface area (Å²) in [6.45, 7) is 0.460. The van der Waals surface area contributed by atoms with Crippen LogP contribution in [-0.4, -0.2) is 168 Å². The summed E-state index contributed by atoms with van der Waals surface area (Å²) in [4.78, 5) is 3.74. The van der Waals surface area contributed by atoms with E-state index in [9.17, 15) is 40.9 Å². The molecule has 8 atom stereocenters. The van der Waals surface area contributed by atoms with Gasteiger partial charge in [0, 0.05) is 32.2 Å². The fraction of sp³-hybridized carbons (Fsp3) is 1.00. The molecule has 0 aromatic heterocycles. The van der Waals surface area contributed by atoms with Crippen LogP contribution in [0.1, 0.15) is 12.8 Å². The van der Waals surface area contributed by atoms with Crippen molar-refractivity contribution in [2.24, 2.45) is 5.73 Å². The van der Waals surface area contributed by atoms with Crippen molar-refractivity contribution in [2.75, 3.05) is 52.5 Å². The number of piperidine rings is 1. The van der Waals surface area contributed by atoms with E-state index in [0.717, 1.165) is 0 Å². The van der Waals surface area contributed by atoms with Gasteiger partial charge in [0.25, 0.3) is 0 Å². The molecule has 0 aliphatic carbocycles. The highest BCUT2D eigenvalue weighted by molar-refractivity contribution is 5.86. The number of aliphatic hydroxyl groups is 10. The van der Waals surface area contributed by atoms with Crippen LogP contribution in [0.3, 0.4) is 0 Å². The van der Waals surface area contributed by atoms with Gasteiger partial charge in [-0.15, -0.1) is 37.2 Å². The van der Waals surface area contributed by atoms with Crippen LogP contribution in [0.4, 0.5) is 0 Å². The molecule has 1 aliphatic rings. The summed E-state index contributed by atoms with van der Waals surface area (Å²) in [6.07, 6.45) is -12.4. The number of likely N-dealkylation sites (tertiary alicyclic amines) is 1. The van der Waals surface area contributed by atoms with Gasteiger partial charge >= 0.3 is 0 Å². The van der Waals surface area contributed by atoms with Crippen molar-refractivity contribution < 1.29 is 51.1 Å². The Bertz CT molecular complexity index is 485. The molecule has 1 rings (SSSR count). The quantitative estimate of drug-likeness (QED) is 0.0870. The monoisotopic (exact) mass is 579 g/mol. The van der Waals surface area contributed by atoms with Gasteiger partial charge < -0.3 is 61.7 Å². The van der Waals surface area contributed by atoms with Gasteiger partial charge in [0.05, 0.1) is 25.4 Å². The van der Waals surface area contributed by atoms with Crippen LogP contribution < -0.4 is 5.73 Å². The Labute approximate surface area is 224 Å². The van der Waals surface area contributed by atoms with E-state index in [4.69, 9.17) is 15.9 Å². The molecule has 1 aliphatic heterocycles. The van der Waals surface area contributed by atoms with E-state index in [1.807, 2.05) is 0 Å². The Morgan fingerprint density at radius 3 is 1.31 bits per heavy atom. The maximum atomic E-state index is 10.4. The molecule has 13 nitrogen and oxygen atoms in total. The normalized spacial score (nSPS) is 21.9. The van der Waals surface area contributed by atoms with Crippen molar-refractivity contribution in [3.05, 3.63) is 0 Å². The predicted octanol–water partition coefficient (Wildman–Crippen LogP) is -5.15. The number of rotatable bonds is 15. The topological polar surface area (TPSA) is 235 Å². The van der Waals surface area contributed by atoms with Gasteiger partial charge in [-0.3, -0.25) is 4.90 Å². The Morgan fingerprint density at radius 1 is 0.657 bits per heavy atom. The first kappa shape index (κ1) is 39.9. The van der Waals surface area contributed by atoms with Gasteiger partial charge in [-0.25, -0.2) is 0 Å². The van der Waals surface area contributed by atoms with E-state index in [2.05, 4.69) is 4.90 Å². The molecule has 0 saturated carbocycles. The zero-order valence-corrected chi connectivity index (χ0v) is 21.9. The van der Waals surface area contributed by atoms with E-state index in [1.54, 1.807) is 4.90 Å². The Balaban J connectivity index is -0.00000341. The zero-order chi connectivity index (χ0) is 24.4. The lowest BCUT2D eigenvalue weighted by atomic mass is 9.97. The summed E-state index contributed by atoms with van der Waals surface area (Å²) >= 11 is 0. The molecular formula is C19H44Cl3N3O10. The average Bonchev–Trinajstić information content (AvgIpc) is 2.80. The maximum Gasteiger partial charge on any atom is 0.111 e. The zero-order valence-electron chi connectivity index (χ0n) is 19.4. The van der Waals surface area contributed by atoms with E-state index in [1.165, 1.54) is 0 Å². The lowest BCUT2D eigenvalue weighted by Crippen LogP contribution is -2.56. The van der Waals surface area contributed by atoms with Crippen LogP contribution in [0.25, 0.3) is 0 Å². The van der Waals surface area contributed by atoms with Gasteiger partial charge in [0.15, 0.2) is 0 Å². The van der Waals surface area contributed by atoms with Crippen LogP contribution in [-0.2, 0) is 0 Å². The van der Waals surface area contributed by atoms with Gasteiger partial charge in [0.2, 0.25) is 0 Å². The molecule has 1 saturated heterocycles. The summed E-state index contributed by atoms with van der Waals surface area (Å²) in [7, 11) is 0. The molecule has 0 radical (unpaired) electrons. The number of halogens is 3. The van der Waals surface area contributed by atoms with Crippen LogP contribution >= 0.6 is 37.2 Å². The van der Waals surface area contributed by atoms with Gasteiger partial charge in [0.1, 0.15) is 36.6 Å². The van der Waals surface area contributed by atoms with E-state index in [0.29, 0.717) is 39.0 Å². The van der Waals surface area contributed by atoms with E-state index in [-0.39, 0.29) is 56.4 Å². The highest BCUT2D eigenvalue weighted by atomic mass is 35.5. The highest BCUT2D eigenvalue weighted by Gasteiger charge is 2.36.